The van der Waals surface area contributed by atoms with E-state index in [1.165, 1.54) is 0 Å². The lowest BCUT2D eigenvalue weighted by atomic mass is 10.2. The molecule has 0 aliphatic carbocycles. The molecule has 8 heteroatoms. The van der Waals surface area contributed by atoms with Crippen molar-refractivity contribution in [1.29, 1.82) is 0 Å². The summed E-state index contributed by atoms with van der Waals surface area (Å²) >= 11 is 13.9. The van der Waals surface area contributed by atoms with E-state index in [0.29, 0.717) is 17.1 Å². The van der Waals surface area contributed by atoms with E-state index in [2.05, 4.69) is 22.0 Å². The summed E-state index contributed by atoms with van der Waals surface area (Å²) in [5, 5.41) is 5.41. The van der Waals surface area contributed by atoms with Gasteiger partial charge in [-0.25, -0.2) is 4.98 Å². The fraction of sp³-hybridized carbons (Fsp3) is 0.333. The van der Waals surface area contributed by atoms with Crippen LogP contribution in [0.25, 0.3) is 10.2 Å². The molecule has 4 rings (SSSR count). The molecule has 0 unspecified atom stereocenters. The van der Waals surface area contributed by atoms with Gasteiger partial charge < -0.3 is 10.2 Å². The molecular weight excluding hydrogens is 427 g/mol. The van der Waals surface area contributed by atoms with Crippen molar-refractivity contribution in [3.05, 3.63) is 57.6 Å². The van der Waals surface area contributed by atoms with Gasteiger partial charge in [-0.05, 0) is 42.8 Å². The lowest BCUT2D eigenvalue weighted by molar-refractivity contribution is 0.0948. The van der Waals surface area contributed by atoms with E-state index in [4.69, 9.17) is 28.2 Å². The van der Waals surface area contributed by atoms with Crippen molar-refractivity contribution in [1.82, 2.24) is 15.2 Å². The third-order valence-electron chi connectivity index (χ3n) is 5.15. The number of rotatable bonds is 5. The molecule has 1 aliphatic rings. The van der Waals surface area contributed by atoms with Crippen molar-refractivity contribution in [2.75, 3.05) is 44.2 Å². The first-order chi connectivity index (χ1) is 14.0. The zero-order valence-electron chi connectivity index (χ0n) is 16.1. The number of anilines is 1. The predicted octanol–water partition coefficient (Wildman–Crippen LogP) is 4.46. The molecule has 1 fully saturated rings. The molecule has 0 atom stereocenters. The SMILES string of the molecule is Cc1ccc(Cl)c2sc(N3CCN(CCNC(=O)c4ccc(Cl)cc4)CC3)nc12. The quantitative estimate of drug-likeness (QED) is 0.625. The van der Waals surface area contributed by atoms with Gasteiger partial charge in [-0.2, -0.15) is 0 Å². The number of piperazine rings is 1. The highest BCUT2D eigenvalue weighted by Gasteiger charge is 2.21. The Kier molecular flexibility index (Phi) is 6.25. The van der Waals surface area contributed by atoms with E-state index >= 15 is 0 Å². The minimum absolute atomic E-state index is 0.0676. The van der Waals surface area contributed by atoms with Gasteiger partial charge in [-0.1, -0.05) is 40.6 Å². The van der Waals surface area contributed by atoms with Gasteiger partial charge in [-0.3, -0.25) is 9.69 Å². The van der Waals surface area contributed by atoms with E-state index in [9.17, 15) is 4.79 Å². The van der Waals surface area contributed by atoms with Gasteiger partial charge in [-0.15, -0.1) is 0 Å². The van der Waals surface area contributed by atoms with E-state index in [1.807, 2.05) is 12.1 Å². The molecule has 0 saturated carbocycles. The van der Waals surface area contributed by atoms with E-state index in [-0.39, 0.29) is 5.91 Å². The Morgan fingerprint density at radius 2 is 1.83 bits per heavy atom. The monoisotopic (exact) mass is 448 g/mol. The fourth-order valence-corrected chi connectivity index (χ4v) is 4.91. The second-order valence-corrected chi connectivity index (χ2v) is 8.95. The van der Waals surface area contributed by atoms with Gasteiger partial charge in [0, 0.05) is 49.9 Å². The molecule has 5 nitrogen and oxygen atoms in total. The summed E-state index contributed by atoms with van der Waals surface area (Å²) in [5.41, 5.74) is 2.79. The highest BCUT2D eigenvalue weighted by molar-refractivity contribution is 7.22. The van der Waals surface area contributed by atoms with Gasteiger partial charge >= 0.3 is 0 Å². The summed E-state index contributed by atoms with van der Waals surface area (Å²) in [6, 6.07) is 10.9. The first-order valence-corrected chi connectivity index (χ1v) is 11.2. The van der Waals surface area contributed by atoms with Crippen LogP contribution in [0.1, 0.15) is 15.9 Å². The summed E-state index contributed by atoms with van der Waals surface area (Å²) in [5.74, 6) is -0.0676. The largest absolute Gasteiger partial charge is 0.351 e. The number of nitrogens with one attached hydrogen (secondary N) is 1. The Morgan fingerprint density at radius 1 is 1.10 bits per heavy atom. The minimum Gasteiger partial charge on any atom is -0.351 e. The smallest absolute Gasteiger partial charge is 0.251 e. The molecule has 152 valence electrons. The second kappa shape index (κ2) is 8.88. The Hall–Kier alpha value is -1.86. The molecule has 29 heavy (non-hydrogen) atoms. The number of hydrogen-bond donors (Lipinski definition) is 1. The molecule has 2 heterocycles. The standard InChI is InChI=1S/C21H22Cl2N4OS/c1-14-2-7-17(23)19-18(14)25-21(29-19)27-12-10-26(11-13-27)9-8-24-20(28)15-3-5-16(22)6-4-15/h2-7H,8-13H2,1H3,(H,24,28). The number of benzene rings is 2. The topological polar surface area (TPSA) is 48.5 Å². The minimum atomic E-state index is -0.0676. The summed E-state index contributed by atoms with van der Waals surface area (Å²) in [7, 11) is 0. The molecule has 0 radical (unpaired) electrons. The second-order valence-electron chi connectivity index (χ2n) is 7.13. The molecule has 1 N–H and O–H groups in total. The van der Waals surface area contributed by atoms with Crippen molar-refractivity contribution in [3.63, 3.8) is 0 Å². The summed E-state index contributed by atoms with van der Waals surface area (Å²) in [4.78, 5) is 21.7. The number of carbonyl (C=O) groups excluding carboxylic acids is 1. The predicted molar refractivity (Wildman–Crippen MR) is 122 cm³/mol. The number of halogens is 2. The number of hydrogen-bond acceptors (Lipinski definition) is 5. The Bertz CT molecular complexity index is 974. The van der Waals surface area contributed by atoms with Crippen molar-refractivity contribution >= 4 is 55.8 Å². The van der Waals surface area contributed by atoms with Crippen molar-refractivity contribution in [2.24, 2.45) is 0 Å². The van der Waals surface area contributed by atoms with Crippen LogP contribution in [0.4, 0.5) is 5.13 Å². The third-order valence-corrected chi connectivity index (χ3v) is 6.98. The van der Waals surface area contributed by atoms with Crippen LogP contribution < -0.4 is 10.2 Å². The van der Waals surface area contributed by atoms with Gasteiger partial charge in [0.15, 0.2) is 5.13 Å². The Labute approximate surface area is 184 Å². The molecule has 1 amide bonds. The van der Waals surface area contributed by atoms with Crippen LogP contribution >= 0.6 is 34.5 Å². The number of fused-ring (bicyclic) bond motifs is 1. The van der Waals surface area contributed by atoms with Gasteiger partial charge in [0.1, 0.15) is 0 Å². The Morgan fingerprint density at radius 3 is 2.52 bits per heavy atom. The van der Waals surface area contributed by atoms with E-state index < -0.39 is 0 Å². The maximum absolute atomic E-state index is 12.2. The molecule has 1 aliphatic heterocycles. The normalized spacial score (nSPS) is 15.1. The maximum atomic E-state index is 12.2. The number of thiazole rings is 1. The number of amides is 1. The molecule has 3 aromatic rings. The van der Waals surface area contributed by atoms with Crippen molar-refractivity contribution < 1.29 is 4.79 Å². The van der Waals surface area contributed by atoms with Crippen LogP contribution in [0.5, 0.6) is 0 Å². The molecule has 0 spiro atoms. The van der Waals surface area contributed by atoms with Crippen LogP contribution in [0.2, 0.25) is 10.0 Å². The number of nitrogens with zero attached hydrogens (tertiary/aromatic N) is 3. The highest BCUT2D eigenvalue weighted by atomic mass is 35.5. The zero-order valence-corrected chi connectivity index (χ0v) is 18.4. The number of aryl methyl sites for hydroxylation is 1. The van der Waals surface area contributed by atoms with Crippen molar-refractivity contribution in [3.8, 4) is 0 Å². The van der Waals surface area contributed by atoms with Crippen LogP contribution in [-0.2, 0) is 0 Å². The highest BCUT2D eigenvalue weighted by Crippen LogP contribution is 2.35. The van der Waals surface area contributed by atoms with Crippen LogP contribution in [0.15, 0.2) is 36.4 Å². The molecule has 1 saturated heterocycles. The lowest BCUT2D eigenvalue weighted by Gasteiger charge is -2.34. The molecule has 0 bridgehead atoms. The van der Waals surface area contributed by atoms with Crippen LogP contribution in [-0.4, -0.2) is 55.1 Å². The zero-order chi connectivity index (χ0) is 20.4. The average molecular weight is 449 g/mol. The first-order valence-electron chi connectivity index (χ1n) is 9.58. The first kappa shape index (κ1) is 20.4. The van der Waals surface area contributed by atoms with E-state index in [0.717, 1.165) is 58.7 Å². The average Bonchev–Trinajstić information content (AvgIpc) is 3.19. The Balaban J connectivity index is 1.27. The van der Waals surface area contributed by atoms with Gasteiger partial charge in [0.05, 0.1) is 15.2 Å². The molecular formula is C21H22Cl2N4OS. The molecule has 1 aromatic heterocycles. The fourth-order valence-electron chi connectivity index (χ4n) is 3.42. The third kappa shape index (κ3) is 4.67. The van der Waals surface area contributed by atoms with Gasteiger partial charge in [0.2, 0.25) is 0 Å². The van der Waals surface area contributed by atoms with Crippen LogP contribution in [0.3, 0.4) is 0 Å². The summed E-state index contributed by atoms with van der Waals surface area (Å²) in [6.45, 7) is 7.25. The lowest BCUT2D eigenvalue weighted by Crippen LogP contribution is -2.48. The summed E-state index contributed by atoms with van der Waals surface area (Å²) < 4.78 is 1.06. The number of carbonyl (C=O) groups is 1. The molecule has 2 aromatic carbocycles. The van der Waals surface area contributed by atoms with Gasteiger partial charge in [0.25, 0.3) is 5.91 Å². The maximum Gasteiger partial charge on any atom is 0.251 e. The van der Waals surface area contributed by atoms with E-state index in [1.54, 1.807) is 35.6 Å². The van der Waals surface area contributed by atoms with Crippen molar-refractivity contribution in [2.45, 2.75) is 6.92 Å². The van der Waals surface area contributed by atoms with Crippen LogP contribution in [0, 0.1) is 6.92 Å². The summed E-state index contributed by atoms with van der Waals surface area (Å²) in [6.07, 6.45) is 0. The number of aromatic nitrogens is 1.